The summed E-state index contributed by atoms with van der Waals surface area (Å²) in [4.78, 5) is 22.3. The number of non-ortho nitro benzene ring substituents is 1. The number of aromatic nitrogens is 4. The van der Waals surface area contributed by atoms with Crippen molar-refractivity contribution in [2.75, 3.05) is 5.32 Å². The number of rotatable bonds is 3. The predicted molar refractivity (Wildman–Crippen MR) is 74.6 cm³/mol. The average molecular weight is 301 g/mol. The number of hydrogen-bond donors (Lipinski definition) is 2. The van der Waals surface area contributed by atoms with Crippen LogP contribution in [0.1, 0.15) is 18.5 Å². The Labute approximate surface area is 123 Å². The van der Waals surface area contributed by atoms with Gasteiger partial charge in [0.25, 0.3) is 5.69 Å². The number of amides is 1. The quantitative estimate of drug-likeness (QED) is 0.615. The van der Waals surface area contributed by atoms with Crippen LogP contribution < -0.4 is 11.1 Å². The van der Waals surface area contributed by atoms with Crippen LogP contribution in [-0.4, -0.2) is 31.0 Å². The molecule has 1 aliphatic heterocycles. The van der Waals surface area contributed by atoms with Gasteiger partial charge in [0.05, 0.1) is 10.5 Å². The number of nitrogens with one attached hydrogen (secondary N) is 1. The number of allylic oxidation sites excluding steroid dienone is 1. The number of nitro groups is 1. The van der Waals surface area contributed by atoms with Gasteiger partial charge in [-0.1, -0.05) is 17.2 Å². The third kappa shape index (κ3) is 2.06. The Morgan fingerprint density at radius 2 is 2.27 bits per heavy atom. The van der Waals surface area contributed by atoms with Crippen molar-refractivity contribution in [3.05, 3.63) is 51.2 Å². The van der Waals surface area contributed by atoms with Gasteiger partial charge in [-0.3, -0.25) is 14.9 Å². The topological polar surface area (TPSA) is 142 Å². The van der Waals surface area contributed by atoms with Crippen LogP contribution in [0.3, 0.4) is 0 Å². The van der Waals surface area contributed by atoms with Crippen molar-refractivity contribution in [1.29, 1.82) is 0 Å². The van der Waals surface area contributed by atoms with Gasteiger partial charge in [-0.25, -0.2) is 0 Å². The molecule has 1 aromatic heterocycles. The summed E-state index contributed by atoms with van der Waals surface area (Å²) in [7, 11) is 0. The van der Waals surface area contributed by atoms with Crippen molar-refractivity contribution in [2.24, 2.45) is 5.73 Å². The summed E-state index contributed by atoms with van der Waals surface area (Å²) >= 11 is 0. The summed E-state index contributed by atoms with van der Waals surface area (Å²) in [5, 5.41) is 25.0. The lowest BCUT2D eigenvalue weighted by Gasteiger charge is -2.26. The van der Waals surface area contributed by atoms with E-state index in [2.05, 4.69) is 20.8 Å². The lowest BCUT2D eigenvalue weighted by Crippen LogP contribution is -2.31. The maximum Gasteiger partial charge on any atom is 0.269 e. The SMILES string of the molecule is CC1=C(C(N)=O)[C@@H](c2cccc([N+](=O)[O-])c2)n2nnnc2N1. The Morgan fingerprint density at radius 3 is 2.95 bits per heavy atom. The van der Waals surface area contributed by atoms with Gasteiger partial charge in [-0.15, -0.1) is 0 Å². The van der Waals surface area contributed by atoms with E-state index in [-0.39, 0.29) is 11.3 Å². The minimum Gasteiger partial charge on any atom is -0.366 e. The van der Waals surface area contributed by atoms with E-state index < -0.39 is 16.9 Å². The van der Waals surface area contributed by atoms with Gasteiger partial charge >= 0.3 is 0 Å². The molecule has 1 aromatic carbocycles. The molecule has 10 heteroatoms. The second-order valence-electron chi connectivity index (χ2n) is 4.73. The molecule has 1 amide bonds. The second-order valence-corrected chi connectivity index (χ2v) is 4.73. The van der Waals surface area contributed by atoms with Gasteiger partial charge in [0, 0.05) is 17.8 Å². The molecule has 3 rings (SSSR count). The third-order valence-corrected chi connectivity index (χ3v) is 3.38. The predicted octanol–water partition coefficient (Wildman–Crippen LogP) is 0.355. The molecule has 0 spiro atoms. The number of nitrogens with zero attached hydrogens (tertiary/aromatic N) is 5. The summed E-state index contributed by atoms with van der Waals surface area (Å²) in [6.07, 6.45) is 0. The maximum atomic E-state index is 11.8. The lowest BCUT2D eigenvalue weighted by atomic mass is 9.95. The molecule has 2 heterocycles. The number of hydrogen-bond acceptors (Lipinski definition) is 7. The van der Waals surface area contributed by atoms with E-state index in [4.69, 9.17) is 5.73 Å². The average Bonchev–Trinajstić information content (AvgIpc) is 2.93. The summed E-state index contributed by atoms with van der Waals surface area (Å²) in [6.45, 7) is 1.67. The number of carbonyl (C=O) groups is 1. The van der Waals surface area contributed by atoms with E-state index in [1.165, 1.54) is 22.9 Å². The third-order valence-electron chi connectivity index (χ3n) is 3.38. The number of benzene rings is 1. The highest BCUT2D eigenvalue weighted by Gasteiger charge is 2.33. The summed E-state index contributed by atoms with van der Waals surface area (Å²) in [5.74, 6) is -0.318. The Kier molecular flexibility index (Phi) is 3.05. The van der Waals surface area contributed by atoms with Gasteiger partial charge in [-0.05, 0) is 22.9 Å². The summed E-state index contributed by atoms with van der Waals surface area (Å²) in [5.41, 5.74) is 6.62. The van der Waals surface area contributed by atoms with Gasteiger partial charge < -0.3 is 11.1 Å². The fraction of sp³-hybridized carbons (Fsp3) is 0.167. The lowest BCUT2D eigenvalue weighted by molar-refractivity contribution is -0.384. The van der Waals surface area contributed by atoms with E-state index in [0.29, 0.717) is 17.2 Å². The molecule has 0 saturated carbocycles. The minimum absolute atomic E-state index is 0.0906. The smallest absolute Gasteiger partial charge is 0.269 e. The van der Waals surface area contributed by atoms with E-state index in [1.54, 1.807) is 13.0 Å². The van der Waals surface area contributed by atoms with Crippen LogP contribution in [0.15, 0.2) is 35.5 Å². The molecule has 0 unspecified atom stereocenters. The standard InChI is InChI=1S/C12H11N7O3/c1-6-9(11(13)20)10(18-12(14-6)15-16-17-18)7-3-2-4-8(5-7)19(21)22/h2-5,10H,1H3,(H2,13,20)(H,14,15,17)/t10-/m1/s1. The van der Waals surface area contributed by atoms with Gasteiger partial charge in [0.2, 0.25) is 11.9 Å². The Bertz CT molecular complexity index is 811. The minimum atomic E-state index is -0.719. The van der Waals surface area contributed by atoms with Crippen LogP contribution in [0.2, 0.25) is 0 Å². The zero-order valence-corrected chi connectivity index (χ0v) is 11.4. The molecule has 112 valence electrons. The first-order chi connectivity index (χ1) is 10.5. The molecule has 10 nitrogen and oxygen atoms in total. The van der Waals surface area contributed by atoms with Crippen LogP contribution in [0.5, 0.6) is 0 Å². The fourth-order valence-corrected chi connectivity index (χ4v) is 2.45. The number of tetrazole rings is 1. The fourth-order valence-electron chi connectivity index (χ4n) is 2.45. The molecule has 0 aliphatic carbocycles. The molecule has 1 aliphatic rings. The maximum absolute atomic E-state index is 11.8. The van der Waals surface area contributed by atoms with Crippen LogP contribution >= 0.6 is 0 Å². The van der Waals surface area contributed by atoms with Crippen LogP contribution in [-0.2, 0) is 4.79 Å². The molecule has 3 N–H and O–H groups in total. The van der Waals surface area contributed by atoms with Crippen LogP contribution in [0, 0.1) is 10.1 Å². The normalized spacial score (nSPS) is 16.9. The van der Waals surface area contributed by atoms with Gasteiger partial charge in [0.1, 0.15) is 6.04 Å². The number of primary amides is 1. The van der Waals surface area contributed by atoms with Crippen molar-refractivity contribution < 1.29 is 9.72 Å². The van der Waals surface area contributed by atoms with E-state index in [1.807, 2.05) is 0 Å². The first-order valence-corrected chi connectivity index (χ1v) is 6.29. The van der Waals surface area contributed by atoms with E-state index >= 15 is 0 Å². The highest BCUT2D eigenvalue weighted by atomic mass is 16.6. The highest BCUT2D eigenvalue weighted by Crippen LogP contribution is 2.34. The first-order valence-electron chi connectivity index (χ1n) is 6.29. The van der Waals surface area contributed by atoms with Crippen molar-refractivity contribution in [1.82, 2.24) is 20.2 Å². The van der Waals surface area contributed by atoms with Crippen molar-refractivity contribution in [3.8, 4) is 0 Å². The molecule has 1 atom stereocenters. The number of fused-ring (bicyclic) bond motifs is 1. The van der Waals surface area contributed by atoms with E-state index in [0.717, 1.165) is 0 Å². The van der Waals surface area contributed by atoms with Crippen LogP contribution in [0.25, 0.3) is 0 Å². The number of anilines is 1. The molecule has 0 fully saturated rings. The van der Waals surface area contributed by atoms with Gasteiger partial charge in [0.15, 0.2) is 0 Å². The molecule has 0 saturated heterocycles. The Hall–Kier alpha value is -3.30. The number of nitrogens with two attached hydrogens (primary N) is 1. The molecule has 22 heavy (non-hydrogen) atoms. The van der Waals surface area contributed by atoms with Crippen molar-refractivity contribution >= 4 is 17.5 Å². The summed E-state index contributed by atoms with van der Waals surface area (Å²) < 4.78 is 1.37. The van der Waals surface area contributed by atoms with Crippen molar-refractivity contribution in [2.45, 2.75) is 13.0 Å². The molecule has 0 bridgehead atoms. The van der Waals surface area contributed by atoms with Crippen molar-refractivity contribution in [3.63, 3.8) is 0 Å². The van der Waals surface area contributed by atoms with E-state index in [9.17, 15) is 14.9 Å². The Morgan fingerprint density at radius 1 is 1.50 bits per heavy atom. The van der Waals surface area contributed by atoms with Gasteiger partial charge in [-0.2, -0.15) is 4.68 Å². The molecule has 0 radical (unpaired) electrons. The highest BCUT2D eigenvalue weighted by molar-refractivity contribution is 5.95. The molecular weight excluding hydrogens is 290 g/mol. The number of nitro benzene ring substituents is 1. The molecular formula is C12H11N7O3. The van der Waals surface area contributed by atoms with Crippen LogP contribution in [0.4, 0.5) is 11.6 Å². The number of carbonyl (C=O) groups excluding carboxylic acids is 1. The largest absolute Gasteiger partial charge is 0.366 e. The zero-order chi connectivity index (χ0) is 15.9. The molecule has 2 aromatic rings. The zero-order valence-electron chi connectivity index (χ0n) is 11.4. The Balaban J connectivity index is 2.20. The monoisotopic (exact) mass is 301 g/mol. The first kappa shape index (κ1) is 13.7. The second kappa shape index (κ2) is 4.91. The summed E-state index contributed by atoms with van der Waals surface area (Å²) in [6, 6.07) is 5.21.